The molecule has 2 amide bonds. The van der Waals surface area contributed by atoms with Gasteiger partial charge >= 0.3 is 6.03 Å². The summed E-state index contributed by atoms with van der Waals surface area (Å²) in [5.74, 6) is 0.677. The average molecular weight is 233 g/mol. The minimum Gasteiger partial charge on any atom is -0.338 e. The van der Waals surface area contributed by atoms with E-state index < -0.39 is 0 Å². The topological polar surface area (TPSA) is 67.1 Å². The quantitative estimate of drug-likeness (QED) is 0.745. The van der Waals surface area contributed by atoms with Crippen LogP contribution in [-0.2, 0) is 6.54 Å². The van der Waals surface area contributed by atoms with E-state index >= 15 is 0 Å². The molecule has 92 valence electrons. The van der Waals surface area contributed by atoms with Crippen LogP contribution in [0.4, 0.5) is 10.5 Å². The number of benzene rings is 1. The van der Waals surface area contributed by atoms with E-state index in [1.54, 1.807) is 0 Å². The lowest BCUT2D eigenvalue weighted by molar-refractivity contribution is 0.243. The summed E-state index contributed by atoms with van der Waals surface area (Å²) in [6, 6.07) is 7.46. The highest BCUT2D eigenvalue weighted by Gasteiger charge is 2.17. The molecule has 4 nitrogen and oxygen atoms in total. The Morgan fingerprint density at radius 1 is 1.41 bits per heavy atom. The molecule has 0 spiro atoms. The SMILES string of the molecule is NCc1cccc(NC(=O)NCC2CCC2)c1. The zero-order valence-corrected chi connectivity index (χ0v) is 9.91. The van der Waals surface area contributed by atoms with Crippen molar-refractivity contribution >= 4 is 11.7 Å². The van der Waals surface area contributed by atoms with Crippen molar-refractivity contribution in [3.63, 3.8) is 0 Å². The van der Waals surface area contributed by atoms with E-state index in [4.69, 9.17) is 5.73 Å². The van der Waals surface area contributed by atoms with Crippen molar-refractivity contribution in [2.75, 3.05) is 11.9 Å². The lowest BCUT2D eigenvalue weighted by Gasteiger charge is -2.25. The minimum atomic E-state index is -0.133. The van der Waals surface area contributed by atoms with Crippen LogP contribution >= 0.6 is 0 Å². The number of nitrogens with two attached hydrogens (primary N) is 1. The zero-order valence-electron chi connectivity index (χ0n) is 9.91. The smallest absolute Gasteiger partial charge is 0.319 e. The van der Waals surface area contributed by atoms with Gasteiger partial charge in [-0.05, 0) is 36.5 Å². The summed E-state index contributed by atoms with van der Waals surface area (Å²) in [6.07, 6.45) is 3.78. The summed E-state index contributed by atoms with van der Waals surface area (Å²) < 4.78 is 0. The Balaban J connectivity index is 1.79. The maximum absolute atomic E-state index is 11.6. The largest absolute Gasteiger partial charge is 0.338 e. The number of hydrogen-bond donors (Lipinski definition) is 3. The normalized spacial score (nSPS) is 15.1. The van der Waals surface area contributed by atoms with E-state index in [-0.39, 0.29) is 6.03 Å². The zero-order chi connectivity index (χ0) is 12.1. The second-order valence-electron chi connectivity index (χ2n) is 4.54. The Kier molecular flexibility index (Phi) is 3.98. The molecule has 0 unspecified atom stereocenters. The second-order valence-corrected chi connectivity index (χ2v) is 4.54. The van der Waals surface area contributed by atoms with Gasteiger partial charge in [-0.15, -0.1) is 0 Å². The summed E-state index contributed by atoms with van der Waals surface area (Å²) in [5, 5.41) is 5.70. The highest BCUT2D eigenvalue weighted by atomic mass is 16.2. The fourth-order valence-corrected chi connectivity index (χ4v) is 1.89. The molecule has 4 heteroatoms. The highest BCUT2D eigenvalue weighted by Crippen LogP contribution is 2.25. The standard InChI is InChI=1S/C13H19N3O/c14-8-11-5-2-6-12(7-11)16-13(17)15-9-10-3-1-4-10/h2,5-7,10H,1,3-4,8-9,14H2,(H2,15,16,17). The number of rotatable bonds is 4. The molecule has 1 aliphatic rings. The van der Waals surface area contributed by atoms with Crippen LogP contribution in [-0.4, -0.2) is 12.6 Å². The fraction of sp³-hybridized carbons (Fsp3) is 0.462. The number of urea groups is 1. The monoisotopic (exact) mass is 233 g/mol. The number of nitrogens with one attached hydrogen (secondary N) is 2. The Morgan fingerprint density at radius 3 is 2.88 bits per heavy atom. The second kappa shape index (κ2) is 5.68. The molecule has 0 atom stereocenters. The van der Waals surface area contributed by atoms with E-state index in [1.165, 1.54) is 19.3 Å². The molecule has 2 rings (SSSR count). The molecule has 0 heterocycles. The van der Waals surface area contributed by atoms with Crippen LogP contribution in [0.3, 0.4) is 0 Å². The van der Waals surface area contributed by atoms with Crippen LogP contribution in [0, 0.1) is 5.92 Å². The Hall–Kier alpha value is -1.55. The minimum absolute atomic E-state index is 0.133. The van der Waals surface area contributed by atoms with Gasteiger partial charge in [0.1, 0.15) is 0 Å². The first kappa shape index (κ1) is 11.9. The Bertz CT molecular complexity index is 388. The maximum atomic E-state index is 11.6. The number of amides is 2. The third-order valence-electron chi connectivity index (χ3n) is 3.20. The summed E-state index contributed by atoms with van der Waals surface area (Å²) >= 11 is 0. The molecular weight excluding hydrogens is 214 g/mol. The number of carbonyl (C=O) groups is 1. The van der Waals surface area contributed by atoms with E-state index in [9.17, 15) is 4.79 Å². The predicted octanol–water partition coefficient (Wildman–Crippen LogP) is 2.07. The van der Waals surface area contributed by atoms with Gasteiger partial charge in [-0.3, -0.25) is 0 Å². The molecule has 0 aliphatic heterocycles. The van der Waals surface area contributed by atoms with Crippen molar-refractivity contribution in [3.05, 3.63) is 29.8 Å². The van der Waals surface area contributed by atoms with Gasteiger partial charge in [-0.2, -0.15) is 0 Å². The summed E-state index contributed by atoms with van der Waals surface area (Å²) in [4.78, 5) is 11.6. The van der Waals surface area contributed by atoms with Gasteiger partial charge < -0.3 is 16.4 Å². The van der Waals surface area contributed by atoms with Crippen LogP contribution in [0.5, 0.6) is 0 Å². The van der Waals surface area contributed by atoms with E-state index in [0.29, 0.717) is 12.5 Å². The van der Waals surface area contributed by atoms with Crippen molar-refractivity contribution in [2.45, 2.75) is 25.8 Å². The summed E-state index contributed by atoms with van der Waals surface area (Å²) in [5.41, 5.74) is 7.35. The summed E-state index contributed by atoms with van der Waals surface area (Å²) in [7, 11) is 0. The van der Waals surface area contributed by atoms with E-state index in [0.717, 1.165) is 17.8 Å². The van der Waals surface area contributed by atoms with Gasteiger partial charge in [0.05, 0.1) is 0 Å². The number of carbonyl (C=O) groups excluding carboxylic acids is 1. The molecule has 1 fully saturated rings. The maximum Gasteiger partial charge on any atom is 0.319 e. The van der Waals surface area contributed by atoms with Crippen molar-refractivity contribution < 1.29 is 4.79 Å². The predicted molar refractivity (Wildman–Crippen MR) is 68.7 cm³/mol. The molecular formula is C13H19N3O. The van der Waals surface area contributed by atoms with Crippen LogP contribution < -0.4 is 16.4 Å². The van der Waals surface area contributed by atoms with Crippen molar-refractivity contribution in [1.29, 1.82) is 0 Å². The van der Waals surface area contributed by atoms with Gasteiger partial charge in [0.15, 0.2) is 0 Å². The van der Waals surface area contributed by atoms with Crippen molar-refractivity contribution in [2.24, 2.45) is 11.7 Å². The van der Waals surface area contributed by atoms with Gasteiger partial charge in [0.2, 0.25) is 0 Å². The molecule has 0 bridgehead atoms. The molecule has 1 saturated carbocycles. The van der Waals surface area contributed by atoms with Gasteiger partial charge in [0.25, 0.3) is 0 Å². The Morgan fingerprint density at radius 2 is 2.24 bits per heavy atom. The summed E-state index contributed by atoms with van der Waals surface area (Å²) in [6.45, 7) is 1.27. The number of hydrogen-bond acceptors (Lipinski definition) is 2. The highest BCUT2D eigenvalue weighted by molar-refractivity contribution is 5.89. The molecule has 4 N–H and O–H groups in total. The lowest BCUT2D eigenvalue weighted by Crippen LogP contribution is -2.35. The van der Waals surface area contributed by atoms with Gasteiger partial charge in [-0.1, -0.05) is 18.6 Å². The van der Waals surface area contributed by atoms with Crippen LogP contribution in [0.25, 0.3) is 0 Å². The fourth-order valence-electron chi connectivity index (χ4n) is 1.89. The van der Waals surface area contributed by atoms with E-state index in [2.05, 4.69) is 10.6 Å². The van der Waals surface area contributed by atoms with Gasteiger partial charge in [0, 0.05) is 18.8 Å². The lowest BCUT2D eigenvalue weighted by atomic mass is 9.85. The van der Waals surface area contributed by atoms with Crippen LogP contribution in [0.2, 0.25) is 0 Å². The van der Waals surface area contributed by atoms with Gasteiger partial charge in [-0.25, -0.2) is 4.79 Å². The molecule has 1 aromatic carbocycles. The molecule has 0 saturated heterocycles. The first-order chi connectivity index (χ1) is 8.28. The third-order valence-corrected chi connectivity index (χ3v) is 3.20. The number of anilines is 1. The van der Waals surface area contributed by atoms with Crippen LogP contribution in [0.1, 0.15) is 24.8 Å². The first-order valence-electron chi connectivity index (χ1n) is 6.12. The third kappa shape index (κ3) is 3.46. The average Bonchev–Trinajstić information content (AvgIpc) is 2.27. The van der Waals surface area contributed by atoms with Crippen molar-refractivity contribution in [1.82, 2.24) is 5.32 Å². The molecule has 1 aromatic rings. The molecule has 17 heavy (non-hydrogen) atoms. The molecule has 0 radical (unpaired) electrons. The first-order valence-corrected chi connectivity index (χ1v) is 6.12. The Labute approximate surface area is 102 Å². The van der Waals surface area contributed by atoms with E-state index in [1.807, 2.05) is 24.3 Å². The molecule has 1 aliphatic carbocycles. The van der Waals surface area contributed by atoms with Crippen molar-refractivity contribution in [3.8, 4) is 0 Å². The van der Waals surface area contributed by atoms with Crippen LogP contribution in [0.15, 0.2) is 24.3 Å². The molecule has 0 aromatic heterocycles.